The minimum atomic E-state index is -3.58. The number of thiophene rings is 1. The van der Waals surface area contributed by atoms with Crippen LogP contribution in [0.4, 0.5) is 11.4 Å². The van der Waals surface area contributed by atoms with Crippen molar-refractivity contribution in [2.45, 2.75) is 10.8 Å². The zero-order valence-electron chi connectivity index (χ0n) is 15.6. The first-order valence-corrected chi connectivity index (χ1v) is 11.0. The predicted molar refractivity (Wildman–Crippen MR) is 108 cm³/mol. The lowest BCUT2D eigenvalue weighted by atomic mass is 10.1. The lowest BCUT2D eigenvalue weighted by molar-refractivity contribution is -0.384. The van der Waals surface area contributed by atoms with Crippen LogP contribution in [0.15, 0.2) is 34.5 Å². The first-order chi connectivity index (χ1) is 13.8. The highest BCUT2D eigenvalue weighted by Gasteiger charge is 2.27. The van der Waals surface area contributed by atoms with Crippen LogP contribution >= 0.6 is 11.3 Å². The van der Waals surface area contributed by atoms with Gasteiger partial charge < -0.3 is 15.4 Å². The molecular weight excluding hydrogens is 420 g/mol. The number of sulfonamides is 1. The fourth-order valence-corrected chi connectivity index (χ4v) is 5.68. The molecule has 0 bridgehead atoms. The lowest BCUT2D eigenvalue weighted by Gasteiger charge is -2.25. The number of nitrogens with zero attached hydrogens (tertiary/aromatic N) is 2. The number of non-ortho nitro benzene ring substituents is 1. The molecule has 1 amide bonds. The molecule has 1 aliphatic heterocycles. The van der Waals surface area contributed by atoms with Crippen molar-refractivity contribution in [3.63, 3.8) is 0 Å². The van der Waals surface area contributed by atoms with Gasteiger partial charge in [-0.15, -0.1) is 11.3 Å². The number of carbonyl (C=O) groups is 1. The minimum Gasteiger partial charge on any atom is -0.387 e. The summed E-state index contributed by atoms with van der Waals surface area (Å²) in [6, 6.07) is 7.13. The zero-order valence-corrected chi connectivity index (χ0v) is 17.2. The average molecular weight is 441 g/mol. The van der Waals surface area contributed by atoms with Crippen molar-refractivity contribution >= 4 is 38.6 Å². The third kappa shape index (κ3) is 4.72. The van der Waals surface area contributed by atoms with Gasteiger partial charge in [0.15, 0.2) is 0 Å². The lowest BCUT2D eigenvalue weighted by Crippen LogP contribution is -2.40. The fourth-order valence-electron chi connectivity index (χ4n) is 2.82. The van der Waals surface area contributed by atoms with E-state index in [2.05, 4.69) is 10.6 Å². The third-order valence-corrected chi connectivity index (χ3v) is 7.80. The van der Waals surface area contributed by atoms with E-state index in [4.69, 9.17) is 4.74 Å². The van der Waals surface area contributed by atoms with Gasteiger partial charge in [0.1, 0.15) is 4.21 Å². The topological polar surface area (TPSA) is 131 Å². The van der Waals surface area contributed by atoms with Crippen LogP contribution < -0.4 is 10.6 Å². The number of hydrogen-bond acceptors (Lipinski definition) is 8. The van der Waals surface area contributed by atoms with Crippen molar-refractivity contribution in [3.8, 4) is 0 Å². The fraction of sp³-hybridized carbons (Fsp3) is 0.353. The summed E-state index contributed by atoms with van der Waals surface area (Å²) < 4.78 is 32.1. The Balaban J connectivity index is 1.70. The number of anilines is 1. The number of nitrogens with one attached hydrogen (secondary N) is 2. The summed E-state index contributed by atoms with van der Waals surface area (Å²) in [5.74, 6) is -0.496. The molecule has 2 heterocycles. The van der Waals surface area contributed by atoms with E-state index in [-0.39, 0.29) is 22.0 Å². The highest BCUT2D eigenvalue weighted by Crippen LogP contribution is 2.26. The molecule has 2 aromatic rings. The molecule has 12 heteroatoms. The van der Waals surface area contributed by atoms with E-state index in [0.29, 0.717) is 36.9 Å². The van der Waals surface area contributed by atoms with Crippen LogP contribution in [0.2, 0.25) is 0 Å². The minimum absolute atomic E-state index is 0.105. The van der Waals surface area contributed by atoms with Gasteiger partial charge in [-0.1, -0.05) is 0 Å². The zero-order chi connectivity index (χ0) is 21.0. The molecule has 1 aromatic carbocycles. The quantitative estimate of drug-likeness (QED) is 0.494. The van der Waals surface area contributed by atoms with E-state index in [0.717, 1.165) is 11.3 Å². The summed E-state index contributed by atoms with van der Waals surface area (Å²) in [6.07, 6.45) is 0. The molecular formula is C17H20N4O6S2. The van der Waals surface area contributed by atoms with Crippen molar-refractivity contribution < 1.29 is 22.9 Å². The molecule has 1 fully saturated rings. The van der Waals surface area contributed by atoms with Gasteiger partial charge in [-0.3, -0.25) is 14.9 Å². The van der Waals surface area contributed by atoms with Gasteiger partial charge in [-0.25, -0.2) is 8.42 Å². The summed E-state index contributed by atoms with van der Waals surface area (Å²) in [4.78, 5) is 23.6. The number of ether oxygens (including phenoxy) is 1. The van der Waals surface area contributed by atoms with Crippen LogP contribution in [0.1, 0.15) is 15.2 Å². The molecule has 3 rings (SSSR count). The van der Waals surface area contributed by atoms with Crippen LogP contribution in [0.25, 0.3) is 0 Å². The summed E-state index contributed by atoms with van der Waals surface area (Å²) in [5.41, 5.74) is 0.401. The number of morpholine rings is 1. The molecule has 1 aromatic heterocycles. The van der Waals surface area contributed by atoms with Crippen LogP contribution in [0.3, 0.4) is 0 Å². The molecule has 0 atom stereocenters. The van der Waals surface area contributed by atoms with E-state index in [1.165, 1.54) is 28.6 Å². The maximum Gasteiger partial charge on any atom is 0.270 e. The van der Waals surface area contributed by atoms with E-state index in [1.54, 1.807) is 13.1 Å². The predicted octanol–water partition coefficient (Wildman–Crippen LogP) is 1.65. The summed E-state index contributed by atoms with van der Waals surface area (Å²) in [7, 11) is -1.97. The van der Waals surface area contributed by atoms with Crippen LogP contribution in [-0.2, 0) is 21.3 Å². The van der Waals surface area contributed by atoms with Crippen molar-refractivity contribution in [1.29, 1.82) is 0 Å². The monoisotopic (exact) mass is 440 g/mol. The Bertz CT molecular complexity index is 1010. The summed E-state index contributed by atoms with van der Waals surface area (Å²) in [6.45, 7) is 1.46. The highest BCUT2D eigenvalue weighted by molar-refractivity contribution is 7.91. The van der Waals surface area contributed by atoms with Crippen LogP contribution in [-0.4, -0.2) is 56.9 Å². The number of benzene rings is 1. The molecule has 1 aliphatic rings. The standard InChI is InChI=1S/C17H20N4O6S2/c1-18-15-4-2-12(21(23)24)10-14(15)17(22)19-11-13-3-5-16(28-13)29(25,26)20-6-8-27-9-7-20/h2-5,10,18H,6-9,11H2,1H3,(H,19,22). The molecule has 0 saturated carbocycles. The molecule has 0 unspecified atom stereocenters. The summed E-state index contributed by atoms with van der Waals surface area (Å²) in [5, 5.41) is 16.5. The van der Waals surface area contributed by atoms with Crippen molar-refractivity contribution in [1.82, 2.24) is 9.62 Å². The Morgan fingerprint density at radius 1 is 1.28 bits per heavy atom. The normalized spacial score (nSPS) is 15.1. The second-order valence-electron chi connectivity index (χ2n) is 6.16. The molecule has 156 valence electrons. The number of hydrogen-bond donors (Lipinski definition) is 2. The van der Waals surface area contributed by atoms with Gasteiger partial charge in [0.05, 0.1) is 30.2 Å². The molecule has 0 radical (unpaired) electrons. The van der Waals surface area contributed by atoms with Crippen molar-refractivity contribution in [2.24, 2.45) is 0 Å². The van der Waals surface area contributed by atoms with Gasteiger partial charge in [0, 0.05) is 42.8 Å². The molecule has 0 spiro atoms. The van der Waals surface area contributed by atoms with E-state index in [1.807, 2.05) is 0 Å². The Hall–Kier alpha value is -2.54. The van der Waals surface area contributed by atoms with E-state index < -0.39 is 20.9 Å². The van der Waals surface area contributed by atoms with E-state index >= 15 is 0 Å². The largest absolute Gasteiger partial charge is 0.387 e. The molecule has 2 N–H and O–H groups in total. The molecule has 1 saturated heterocycles. The maximum absolute atomic E-state index is 12.7. The SMILES string of the molecule is CNc1ccc([N+](=O)[O-])cc1C(=O)NCc1ccc(S(=O)(=O)N2CCOCC2)s1. The van der Waals surface area contributed by atoms with Crippen molar-refractivity contribution in [2.75, 3.05) is 38.7 Å². The number of nitro benzene ring substituents is 1. The van der Waals surface area contributed by atoms with E-state index in [9.17, 15) is 23.3 Å². The van der Waals surface area contributed by atoms with Gasteiger partial charge in [-0.2, -0.15) is 4.31 Å². The maximum atomic E-state index is 12.7. The van der Waals surface area contributed by atoms with Crippen molar-refractivity contribution in [3.05, 3.63) is 50.9 Å². The first kappa shape index (κ1) is 21.2. The number of rotatable bonds is 7. The van der Waals surface area contributed by atoms with Gasteiger partial charge in [-0.05, 0) is 18.2 Å². The Kier molecular flexibility index (Phi) is 6.47. The molecule has 0 aliphatic carbocycles. The highest BCUT2D eigenvalue weighted by atomic mass is 32.2. The van der Waals surface area contributed by atoms with Gasteiger partial charge >= 0.3 is 0 Å². The molecule has 10 nitrogen and oxygen atoms in total. The molecule has 29 heavy (non-hydrogen) atoms. The number of amides is 1. The van der Waals surface area contributed by atoms with Crippen LogP contribution in [0, 0.1) is 10.1 Å². The Labute approximate surface area is 171 Å². The Morgan fingerprint density at radius 2 is 2.00 bits per heavy atom. The smallest absolute Gasteiger partial charge is 0.270 e. The Morgan fingerprint density at radius 3 is 2.66 bits per heavy atom. The average Bonchev–Trinajstić information content (AvgIpc) is 3.22. The van der Waals surface area contributed by atoms with Gasteiger partial charge in [0.25, 0.3) is 21.6 Å². The van der Waals surface area contributed by atoms with Gasteiger partial charge in [0.2, 0.25) is 0 Å². The number of nitro groups is 1. The second-order valence-corrected chi connectivity index (χ2v) is 9.49. The number of carbonyl (C=O) groups excluding carboxylic acids is 1. The third-order valence-electron chi connectivity index (χ3n) is 4.35. The summed E-state index contributed by atoms with van der Waals surface area (Å²) >= 11 is 1.08. The first-order valence-electron chi connectivity index (χ1n) is 8.74. The van der Waals surface area contributed by atoms with Crippen LogP contribution in [0.5, 0.6) is 0 Å². The second kappa shape index (κ2) is 8.86.